The lowest BCUT2D eigenvalue weighted by molar-refractivity contribution is 0.858. The van der Waals surface area contributed by atoms with Gasteiger partial charge in [-0.15, -0.1) is 0 Å². The lowest BCUT2D eigenvalue weighted by Crippen LogP contribution is -2.00. The molecule has 0 aromatic carbocycles. The largest absolute Gasteiger partial charge is 0.330 e. The molecule has 8 heavy (non-hydrogen) atoms. The Labute approximate surface area is 50.6 Å². The molecule has 0 aliphatic heterocycles. The zero-order valence-corrected chi connectivity index (χ0v) is 5.19. The molecule has 0 spiro atoms. The Bertz CT molecular complexity index is 92.6. The van der Waals surface area contributed by atoms with Crippen LogP contribution in [-0.2, 0) is 0 Å². The minimum atomic E-state index is 0.773. The van der Waals surface area contributed by atoms with E-state index in [0.29, 0.717) is 0 Å². The van der Waals surface area contributed by atoms with E-state index in [2.05, 4.69) is 6.58 Å². The van der Waals surface area contributed by atoms with Crippen molar-refractivity contribution in [3.63, 3.8) is 0 Å². The highest BCUT2D eigenvalue weighted by atomic mass is 14.5. The summed E-state index contributed by atoms with van der Waals surface area (Å²) in [5, 5.41) is 0. The fraction of sp³-hybridized carbons (Fsp3) is 0.714. The summed E-state index contributed by atoms with van der Waals surface area (Å²) in [5.74, 6) is 0.846. The summed E-state index contributed by atoms with van der Waals surface area (Å²) in [6.07, 6.45) is 3.75. The first-order valence-electron chi connectivity index (χ1n) is 3.22. The van der Waals surface area contributed by atoms with Crippen LogP contribution in [0.5, 0.6) is 0 Å². The molecule has 2 N–H and O–H groups in total. The lowest BCUT2D eigenvalue weighted by Gasteiger charge is -1.96. The highest BCUT2D eigenvalue weighted by Crippen LogP contribution is 2.36. The van der Waals surface area contributed by atoms with Gasteiger partial charge in [0.2, 0.25) is 0 Å². The zero-order chi connectivity index (χ0) is 5.98. The Balaban J connectivity index is 2.13. The Morgan fingerprint density at radius 2 is 2.25 bits per heavy atom. The van der Waals surface area contributed by atoms with E-state index in [4.69, 9.17) is 5.73 Å². The van der Waals surface area contributed by atoms with Crippen LogP contribution in [0.1, 0.15) is 19.3 Å². The quantitative estimate of drug-likeness (QED) is 0.546. The molecule has 0 amide bonds. The molecule has 1 nitrogen and oxygen atoms in total. The molecule has 1 rings (SSSR count). The van der Waals surface area contributed by atoms with Gasteiger partial charge < -0.3 is 5.73 Å². The molecule has 1 heteroatoms. The smallest absolute Gasteiger partial charge is 0.00399 e. The fourth-order valence-corrected chi connectivity index (χ4v) is 0.881. The standard InChI is InChI=1S/C7H13N/c1-6(4-5-8)7-2-3-7/h7H,1-5,8H2. The van der Waals surface area contributed by atoms with Crippen molar-refractivity contribution in [2.45, 2.75) is 19.3 Å². The van der Waals surface area contributed by atoms with Crippen LogP contribution in [-0.4, -0.2) is 6.54 Å². The SMILES string of the molecule is C=C(CCN)C1CC1. The van der Waals surface area contributed by atoms with Gasteiger partial charge in [-0.2, -0.15) is 0 Å². The highest BCUT2D eigenvalue weighted by molar-refractivity contribution is 5.07. The van der Waals surface area contributed by atoms with Gasteiger partial charge in [0.25, 0.3) is 0 Å². The Kier molecular flexibility index (Phi) is 1.69. The topological polar surface area (TPSA) is 26.0 Å². The molecule has 46 valence electrons. The van der Waals surface area contributed by atoms with Crippen molar-refractivity contribution in [3.05, 3.63) is 12.2 Å². The van der Waals surface area contributed by atoms with Crippen molar-refractivity contribution in [3.8, 4) is 0 Å². The second-order valence-electron chi connectivity index (χ2n) is 2.47. The monoisotopic (exact) mass is 111 g/mol. The first-order valence-corrected chi connectivity index (χ1v) is 3.22. The van der Waals surface area contributed by atoms with Gasteiger partial charge in [0, 0.05) is 0 Å². The van der Waals surface area contributed by atoms with Gasteiger partial charge in [-0.1, -0.05) is 12.2 Å². The fourth-order valence-electron chi connectivity index (χ4n) is 0.881. The maximum atomic E-state index is 5.33. The average Bonchev–Trinajstić information content (AvgIpc) is 2.45. The molecule has 0 radical (unpaired) electrons. The van der Waals surface area contributed by atoms with Gasteiger partial charge in [-0.25, -0.2) is 0 Å². The van der Waals surface area contributed by atoms with Crippen molar-refractivity contribution in [2.75, 3.05) is 6.54 Å². The summed E-state index contributed by atoms with van der Waals surface area (Å²) in [6, 6.07) is 0. The Morgan fingerprint density at radius 3 is 2.62 bits per heavy atom. The van der Waals surface area contributed by atoms with Crippen LogP contribution in [0.2, 0.25) is 0 Å². The minimum absolute atomic E-state index is 0.773. The van der Waals surface area contributed by atoms with E-state index in [-0.39, 0.29) is 0 Å². The molecule has 0 atom stereocenters. The second kappa shape index (κ2) is 2.31. The maximum Gasteiger partial charge on any atom is -0.00399 e. The number of rotatable bonds is 3. The molecular formula is C7H13N. The minimum Gasteiger partial charge on any atom is -0.330 e. The molecule has 1 aliphatic carbocycles. The van der Waals surface area contributed by atoms with Crippen molar-refractivity contribution >= 4 is 0 Å². The van der Waals surface area contributed by atoms with Gasteiger partial charge in [0.15, 0.2) is 0 Å². The number of hydrogen-bond acceptors (Lipinski definition) is 1. The Hall–Kier alpha value is -0.300. The predicted octanol–water partition coefficient (Wildman–Crippen LogP) is 1.30. The van der Waals surface area contributed by atoms with Crippen LogP contribution >= 0.6 is 0 Å². The second-order valence-corrected chi connectivity index (χ2v) is 2.47. The first kappa shape index (κ1) is 5.83. The normalized spacial score (nSPS) is 18.6. The van der Waals surface area contributed by atoms with E-state index in [1.165, 1.54) is 18.4 Å². The summed E-state index contributed by atoms with van der Waals surface area (Å²) in [4.78, 5) is 0. The van der Waals surface area contributed by atoms with E-state index in [1.54, 1.807) is 0 Å². The summed E-state index contributed by atoms with van der Waals surface area (Å²) in [7, 11) is 0. The van der Waals surface area contributed by atoms with Gasteiger partial charge in [0.1, 0.15) is 0 Å². The third-order valence-electron chi connectivity index (χ3n) is 1.62. The van der Waals surface area contributed by atoms with Gasteiger partial charge in [0.05, 0.1) is 0 Å². The lowest BCUT2D eigenvalue weighted by atomic mass is 10.1. The van der Waals surface area contributed by atoms with Gasteiger partial charge >= 0.3 is 0 Å². The van der Waals surface area contributed by atoms with Crippen LogP contribution in [0.4, 0.5) is 0 Å². The average molecular weight is 111 g/mol. The van der Waals surface area contributed by atoms with Crippen LogP contribution < -0.4 is 5.73 Å². The molecule has 0 unspecified atom stereocenters. The molecule has 0 heterocycles. The van der Waals surface area contributed by atoms with Crippen LogP contribution in [0, 0.1) is 5.92 Å². The van der Waals surface area contributed by atoms with Gasteiger partial charge in [-0.3, -0.25) is 0 Å². The molecule has 0 aromatic heterocycles. The molecule has 0 bridgehead atoms. The number of nitrogens with two attached hydrogens (primary N) is 1. The van der Waals surface area contributed by atoms with E-state index < -0.39 is 0 Å². The van der Waals surface area contributed by atoms with Crippen LogP contribution in [0.3, 0.4) is 0 Å². The molecule has 0 saturated heterocycles. The van der Waals surface area contributed by atoms with Crippen LogP contribution in [0.25, 0.3) is 0 Å². The van der Waals surface area contributed by atoms with Crippen molar-refractivity contribution in [1.29, 1.82) is 0 Å². The van der Waals surface area contributed by atoms with Crippen molar-refractivity contribution in [1.82, 2.24) is 0 Å². The van der Waals surface area contributed by atoms with E-state index in [1.807, 2.05) is 0 Å². The van der Waals surface area contributed by atoms with Crippen LogP contribution in [0.15, 0.2) is 12.2 Å². The molecule has 1 fully saturated rings. The predicted molar refractivity (Wildman–Crippen MR) is 35.5 cm³/mol. The first-order chi connectivity index (χ1) is 3.84. The van der Waals surface area contributed by atoms with Gasteiger partial charge in [-0.05, 0) is 31.7 Å². The third kappa shape index (κ3) is 1.34. The highest BCUT2D eigenvalue weighted by Gasteiger charge is 2.23. The van der Waals surface area contributed by atoms with E-state index in [0.717, 1.165) is 18.9 Å². The summed E-state index contributed by atoms with van der Waals surface area (Å²) in [6.45, 7) is 4.70. The summed E-state index contributed by atoms with van der Waals surface area (Å²) in [5.41, 5.74) is 6.70. The summed E-state index contributed by atoms with van der Waals surface area (Å²) < 4.78 is 0. The van der Waals surface area contributed by atoms with Crippen molar-refractivity contribution < 1.29 is 0 Å². The van der Waals surface area contributed by atoms with E-state index >= 15 is 0 Å². The Morgan fingerprint density at radius 1 is 1.62 bits per heavy atom. The molecule has 0 aromatic rings. The summed E-state index contributed by atoms with van der Waals surface area (Å²) >= 11 is 0. The zero-order valence-electron chi connectivity index (χ0n) is 5.19. The number of hydrogen-bond donors (Lipinski definition) is 1. The molecule has 1 aliphatic rings. The van der Waals surface area contributed by atoms with E-state index in [9.17, 15) is 0 Å². The third-order valence-corrected chi connectivity index (χ3v) is 1.62. The molecule has 1 saturated carbocycles. The van der Waals surface area contributed by atoms with Crippen molar-refractivity contribution in [2.24, 2.45) is 11.7 Å². The molecular weight excluding hydrogens is 98.1 g/mol. The maximum absolute atomic E-state index is 5.33.